The third-order valence-electron chi connectivity index (χ3n) is 4.95. The second-order valence-electron chi connectivity index (χ2n) is 8.06. The largest absolute Gasteiger partial charge is 0.370 e. The lowest BCUT2D eigenvalue weighted by molar-refractivity contribution is -0.118. The topological polar surface area (TPSA) is 43.1 Å². The Morgan fingerprint density at radius 2 is 0.875 bits per heavy atom. The fourth-order valence-corrected chi connectivity index (χ4v) is 3.33. The number of carbonyl (C=O) groups excluding carboxylic acids is 1. The second-order valence-corrected chi connectivity index (χ2v) is 8.06. The molecule has 144 valence electrons. The summed E-state index contributed by atoms with van der Waals surface area (Å²) in [5.41, 5.74) is 5.13. The number of carbonyl (C=O) groups is 1. The van der Waals surface area contributed by atoms with Crippen LogP contribution < -0.4 is 5.73 Å². The number of hydrogen-bond donors (Lipinski definition) is 1. The van der Waals surface area contributed by atoms with Gasteiger partial charge in [0.25, 0.3) is 0 Å². The van der Waals surface area contributed by atoms with Gasteiger partial charge in [-0.3, -0.25) is 4.79 Å². The van der Waals surface area contributed by atoms with E-state index in [1.807, 2.05) is 0 Å². The van der Waals surface area contributed by atoms with E-state index in [4.69, 9.17) is 5.73 Å². The lowest BCUT2D eigenvalue weighted by Crippen LogP contribution is -2.09. The number of primary amides is 1. The molecule has 0 unspecified atom stereocenters. The molecule has 0 aliphatic rings. The fourth-order valence-electron chi connectivity index (χ4n) is 3.33. The molecule has 0 fully saturated rings. The lowest BCUT2D eigenvalue weighted by atomic mass is 10.0. The molecule has 2 heteroatoms. The van der Waals surface area contributed by atoms with Crippen molar-refractivity contribution in [1.82, 2.24) is 0 Å². The number of nitrogens with two attached hydrogens (primary N) is 1. The van der Waals surface area contributed by atoms with Gasteiger partial charge in [0.2, 0.25) is 5.91 Å². The van der Waals surface area contributed by atoms with Gasteiger partial charge in [-0.25, -0.2) is 0 Å². The quantitative estimate of drug-likeness (QED) is 0.249. The van der Waals surface area contributed by atoms with Crippen LogP contribution in [0.3, 0.4) is 0 Å². The monoisotopic (exact) mass is 339 g/mol. The summed E-state index contributed by atoms with van der Waals surface area (Å²) in [5, 5.41) is 0. The Labute approximate surface area is 152 Å². The Bertz CT molecular complexity index is 263. The molecule has 2 N–H and O–H groups in total. The first-order valence-corrected chi connectivity index (χ1v) is 10.9. The van der Waals surface area contributed by atoms with Crippen molar-refractivity contribution in [2.75, 3.05) is 0 Å². The molecule has 24 heavy (non-hydrogen) atoms. The van der Waals surface area contributed by atoms with Crippen molar-refractivity contribution in [2.24, 2.45) is 11.7 Å². The molecule has 2 nitrogen and oxygen atoms in total. The molecule has 0 aliphatic heterocycles. The predicted octanol–water partition coefficient (Wildman–Crippen LogP) is 7.15. The molecule has 0 aromatic rings. The summed E-state index contributed by atoms with van der Waals surface area (Å²) in [4.78, 5) is 10.6. The molecule has 1 amide bonds. The highest BCUT2D eigenvalue weighted by Crippen LogP contribution is 2.15. The van der Waals surface area contributed by atoms with Crippen molar-refractivity contribution in [3.05, 3.63) is 0 Å². The minimum atomic E-state index is -0.152. The first-order chi connectivity index (χ1) is 11.6. The molecule has 0 rings (SSSR count). The molecule has 0 heterocycles. The highest BCUT2D eigenvalue weighted by atomic mass is 16.1. The van der Waals surface area contributed by atoms with E-state index in [1.54, 1.807) is 0 Å². The molecular formula is C22H45NO. The van der Waals surface area contributed by atoms with Crippen molar-refractivity contribution in [2.45, 2.75) is 129 Å². The van der Waals surface area contributed by atoms with Gasteiger partial charge in [-0.1, -0.05) is 117 Å². The van der Waals surface area contributed by atoms with Gasteiger partial charge in [-0.15, -0.1) is 0 Å². The van der Waals surface area contributed by atoms with E-state index in [0.29, 0.717) is 6.42 Å². The summed E-state index contributed by atoms with van der Waals surface area (Å²) in [6.07, 6.45) is 23.9. The van der Waals surface area contributed by atoms with Gasteiger partial charge in [-0.2, -0.15) is 0 Å². The van der Waals surface area contributed by atoms with E-state index >= 15 is 0 Å². The van der Waals surface area contributed by atoms with Crippen LogP contribution in [0.15, 0.2) is 0 Å². The van der Waals surface area contributed by atoms with Gasteiger partial charge in [0, 0.05) is 6.42 Å². The second kappa shape index (κ2) is 18.8. The first kappa shape index (κ1) is 23.5. The standard InChI is InChI=1S/C22H45NO/c1-21(2)19-17-15-13-11-9-7-5-3-4-6-8-10-12-14-16-18-20-22(23)24/h21H,3-20H2,1-2H3,(H2,23,24). The fraction of sp³-hybridized carbons (Fsp3) is 0.955. The van der Waals surface area contributed by atoms with E-state index in [2.05, 4.69) is 13.8 Å². The van der Waals surface area contributed by atoms with E-state index in [9.17, 15) is 4.79 Å². The third kappa shape index (κ3) is 21.5. The van der Waals surface area contributed by atoms with Crippen LogP contribution in [0.4, 0.5) is 0 Å². The minimum absolute atomic E-state index is 0.152. The first-order valence-electron chi connectivity index (χ1n) is 10.9. The SMILES string of the molecule is CC(C)CCCCCCCCCCCCCCCCCCC(N)=O. The average Bonchev–Trinajstić information content (AvgIpc) is 2.53. The van der Waals surface area contributed by atoms with Crippen LogP contribution in [0, 0.1) is 5.92 Å². The van der Waals surface area contributed by atoms with Gasteiger partial charge in [-0.05, 0) is 12.3 Å². The van der Waals surface area contributed by atoms with E-state index < -0.39 is 0 Å². The normalized spacial score (nSPS) is 11.3. The molecule has 0 saturated heterocycles. The van der Waals surface area contributed by atoms with Crippen molar-refractivity contribution < 1.29 is 4.79 Å². The van der Waals surface area contributed by atoms with Crippen molar-refractivity contribution in [3.63, 3.8) is 0 Å². The molecule has 0 saturated carbocycles. The van der Waals surface area contributed by atoms with Crippen LogP contribution in [0.2, 0.25) is 0 Å². The van der Waals surface area contributed by atoms with E-state index in [-0.39, 0.29) is 5.91 Å². The van der Waals surface area contributed by atoms with Crippen LogP contribution in [0.25, 0.3) is 0 Å². The maximum atomic E-state index is 10.6. The molecule has 0 aromatic carbocycles. The Morgan fingerprint density at radius 3 is 1.17 bits per heavy atom. The van der Waals surface area contributed by atoms with E-state index in [1.165, 1.54) is 103 Å². The smallest absolute Gasteiger partial charge is 0.217 e. The molecule has 0 bridgehead atoms. The van der Waals surface area contributed by atoms with Gasteiger partial charge >= 0.3 is 0 Å². The zero-order chi connectivity index (χ0) is 17.9. The highest BCUT2D eigenvalue weighted by molar-refractivity contribution is 5.73. The summed E-state index contributed by atoms with van der Waals surface area (Å²) in [6.45, 7) is 4.65. The lowest BCUT2D eigenvalue weighted by Gasteiger charge is -2.05. The zero-order valence-corrected chi connectivity index (χ0v) is 16.8. The van der Waals surface area contributed by atoms with Gasteiger partial charge in [0.1, 0.15) is 0 Å². The van der Waals surface area contributed by atoms with Crippen molar-refractivity contribution in [1.29, 1.82) is 0 Å². The van der Waals surface area contributed by atoms with Crippen LogP contribution in [0.5, 0.6) is 0 Å². The molecule has 0 aromatic heterocycles. The van der Waals surface area contributed by atoms with Gasteiger partial charge in [0.05, 0.1) is 0 Å². The summed E-state index contributed by atoms with van der Waals surface area (Å²) in [6, 6.07) is 0. The van der Waals surface area contributed by atoms with Gasteiger partial charge < -0.3 is 5.73 Å². The van der Waals surface area contributed by atoms with Crippen LogP contribution in [-0.2, 0) is 4.79 Å². The van der Waals surface area contributed by atoms with E-state index in [0.717, 1.165) is 12.3 Å². The molecule has 0 aliphatic carbocycles. The summed E-state index contributed by atoms with van der Waals surface area (Å²) in [7, 11) is 0. The maximum Gasteiger partial charge on any atom is 0.217 e. The van der Waals surface area contributed by atoms with Crippen LogP contribution in [-0.4, -0.2) is 5.91 Å². The number of unbranched alkanes of at least 4 members (excludes halogenated alkanes) is 15. The van der Waals surface area contributed by atoms with Gasteiger partial charge in [0.15, 0.2) is 0 Å². The third-order valence-corrected chi connectivity index (χ3v) is 4.95. The minimum Gasteiger partial charge on any atom is -0.370 e. The molecular weight excluding hydrogens is 294 g/mol. The summed E-state index contributed by atoms with van der Waals surface area (Å²) < 4.78 is 0. The summed E-state index contributed by atoms with van der Waals surface area (Å²) >= 11 is 0. The molecule has 0 radical (unpaired) electrons. The zero-order valence-electron chi connectivity index (χ0n) is 16.8. The number of amides is 1. The van der Waals surface area contributed by atoms with Crippen molar-refractivity contribution >= 4 is 5.91 Å². The number of hydrogen-bond acceptors (Lipinski definition) is 1. The maximum absolute atomic E-state index is 10.6. The Balaban J connectivity index is 2.99. The summed E-state index contributed by atoms with van der Waals surface area (Å²) in [5.74, 6) is 0.730. The molecule has 0 atom stereocenters. The van der Waals surface area contributed by atoms with Crippen molar-refractivity contribution in [3.8, 4) is 0 Å². The number of rotatable bonds is 19. The van der Waals surface area contributed by atoms with Crippen LogP contribution >= 0.6 is 0 Å². The van der Waals surface area contributed by atoms with Crippen LogP contribution in [0.1, 0.15) is 129 Å². The highest BCUT2D eigenvalue weighted by Gasteiger charge is 1.97. The Morgan fingerprint density at radius 1 is 0.583 bits per heavy atom. The Kier molecular flexibility index (Phi) is 18.4. The molecule has 0 spiro atoms. The Hall–Kier alpha value is -0.530. The predicted molar refractivity (Wildman–Crippen MR) is 107 cm³/mol. The average molecular weight is 340 g/mol.